The minimum Gasteiger partial charge on any atom is -0.382 e. The van der Waals surface area contributed by atoms with Gasteiger partial charge < -0.3 is 16.0 Å². The number of sulfone groups is 1. The summed E-state index contributed by atoms with van der Waals surface area (Å²) >= 11 is 0. The van der Waals surface area contributed by atoms with Gasteiger partial charge in [-0.1, -0.05) is 39.3 Å². The first-order valence-electron chi connectivity index (χ1n) is 11.4. The third-order valence-electron chi connectivity index (χ3n) is 5.79. The van der Waals surface area contributed by atoms with Crippen molar-refractivity contribution in [3.05, 3.63) is 36.0 Å². The number of benzene rings is 1. The lowest BCUT2D eigenvalue weighted by Gasteiger charge is -2.34. The third kappa shape index (κ3) is 6.20. The van der Waals surface area contributed by atoms with Crippen LogP contribution in [-0.4, -0.2) is 68.5 Å². The van der Waals surface area contributed by atoms with Crippen LogP contribution >= 0.6 is 0 Å². The van der Waals surface area contributed by atoms with Gasteiger partial charge in [0, 0.05) is 32.7 Å². The maximum absolute atomic E-state index is 13.0. The molecule has 1 saturated heterocycles. The van der Waals surface area contributed by atoms with Crippen LogP contribution in [0.1, 0.15) is 45.1 Å². The first-order valence-corrected chi connectivity index (χ1v) is 12.9. The molecule has 1 aromatic heterocycles. The molecule has 2 heterocycles. The van der Waals surface area contributed by atoms with Crippen molar-refractivity contribution in [1.29, 1.82) is 0 Å². The number of rotatable bonds is 9. The van der Waals surface area contributed by atoms with E-state index in [0.29, 0.717) is 51.1 Å². The summed E-state index contributed by atoms with van der Waals surface area (Å²) in [6, 6.07) is 6.81. The predicted molar refractivity (Wildman–Crippen MR) is 129 cm³/mol. The van der Waals surface area contributed by atoms with Crippen LogP contribution in [-0.2, 0) is 14.6 Å². The van der Waals surface area contributed by atoms with Gasteiger partial charge in [0.15, 0.2) is 0 Å². The number of aromatic nitrogens is 2. The van der Waals surface area contributed by atoms with Crippen molar-refractivity contribution in [3.8, 4) is 0 Å². The van der Waals surface area contributed by atoms with Gasteiger partial charge in [-0.05, 0) is 30.0 Å². The average molecular weight is 475 g/mol. The molecule has 9 nitrogen and oxygen atoms in total. The first kappa shape index (κ1) is 24.9. The lowest BCUT2D eigenvalue weighted by atomic mass is 10.0. The molecule has 0 unspecified atom stereocenters. The number of nitrogen functional groups attached to an aromatic ring is 1. The first-order chi connectivity index (χ1) is 15.7. The molecule has 2 aromatic rings. The van der Waals surface area contributed by atoms with E-state index in [-0.39, 0.29) is 21.5 Å². The molecule has 3 rings (SSSR count). The maximum atomic E-state index is 13.0. The second-order valence-corrected chi connectivity index (χ2v) is 10.5. The van der Waals surface area contributed by atoms with E-state index in [0.717, 1.165) is 18.4 Å². The van der Waals surface area contributed by atoms with Gasteiger partial charge in [-0.15, -0.1) is 0 Å². The highest BCUT2D eigenvalue weighted by molar-refractivity contribution is 7.91. The van der Waals surface area contributed by atoms with E-state index in [1.54, 1.807) is 12.1 Å². The second-order valence-electron chi connectivity index (χ2n) is 8.61. The molecule has 1 amide bonds. The Balaban J connectivity index is 1.63. The number of carbonyl (C=O) groups excluding carboxylic acids is 1. The number of piperazine rings is 1. The predicted octanol–water partition coefficient (Wildman–Crippen LogP) is 2.05. The fraction of sp³-hybridized carbons (Fsp3) is 0.522. The zero-order valence-corrected chi connectivity index (χ0v) is 20.4. The van der Waals surface area contributed by atoms with Crippen molar-refractivity contribution in [3.63, 3.8) is 0 Å². The van der Waals surface area contributed by atoms with E-state index in [9.17, 15) is 13.2 Å². The van der Waals surface area contributed by atoms with Gasteiger partial charge in [0.05, 0.1) is 17.6 Å². The van der Waals surface area contributed by atoms with Crippen LogP contribution < -0.4 is 16.0 Å². The fourth-order valence-electron chi connectivity index (χ4n) is 3.66. The van der Waals surface area contributed by atoms with Crippen LogP contribution in [0.15, 0.2) is 40.3 Å². The monoisotopic (exact) mass is 474 g/mol. The molecule has 0 radical (unpaired) electrons. The van der Waals surface area contributed by atoms with Crippen molar-refractivity contribution in [2.45, 2.75) is 49.3 Å². The van der Waals surface area contributed by atoms with Crippen LogP contribution in [0, 0.1) is 0 Å². The summed E-state index contributed by atoms with van der Waals surface area (Å²) in [5.74, 6) is 0.679. The molecule has 0 aliphatic carbocycles. The van der Waals surface area contributed by atoms with Crippen LogP contribution in [0.3, 0.4) is 0 Å². The molecule has 0 saturated carbocycles. The largest absolute Gasteiger partial charge is 0.382 e. The number of anilines is 2. The molecular formula is C23H34N6O3S. The highest BCUT2D eigenvalue weighted by Crippen LogP contribution is 2.27. The summed E-state index contributed by atoms with van der Waals surface area (Å²) < 4.78 is 26.1. The van der Waals surface area contributed by atoms with Crippen molar-refractivity contribution in [1.82, 2.24) is 20.2 Å². The number of hydrogen-bond acceptors (Lipinski definition) is 8. The normalized spacial score (nSPS) is 15.1. The van der Waals surface area contributed by atoms with Crippen molar-refractivity contribution < 1.29 is 13.2 Å². The summed E-state index contributed by atoms with van der Waals surface area (Å²) in [6.07, 6.45) is 3.32. The van der Waals surface area contributed by atoms with Gasteiger partial charge in [-0.3, -0.25) is 9.69 Å². The number of amides is 1. The molecule has 33 heavy (non-hydrogen) atoms. The minimum absolute atomic E-state index is 0.0355. The van der Waals surface area contributed by atoms with Crippen LogP contribution in [0.4, 0.5) is 11.8 Å². The van der Waals surface area contributed by atoms with E-state index in [2.05, 4.69) is 41.0 Å². The molecular weight excluding hydrogens is 440 g/mol. The quantitative estimate of drug-likeness (QED) is 0.530. The third-order valence-corrected chi connectivity index (χ3v) is 7.58. The molecule has 3 N–H and O–H groups in total. The van der Waals surface area contributed by atoms with E-state index in [1.807, 2.05) is 17.0 Å². The van der Waals surface area contributed by atoms with Crippen LogP contribution in [0.25, 0.3) is 0 Å². The molecule has 1 aliphatic rings. The van der Waals surface area contributed by atoms with Gasteiger partial charge in [0.2, 0.25) is 21.7 Å². The number of nitrogens with one attached hydrogen (secondary N) is 1. The zero-order chi connectivity index (χ0) is 24.0. The molecule has 180 valence electrons. The van der Waals surface area contributed by atoms with Crippen molar-refractivity contribution in [2.24, 2.45) is 0 Å². The van der Waals surface area contributed by atoms with Gasteiger partial charge >= 0.3 is 0 Å². The summed E-state index contributed by atoms with van der Waals surface area (Å²) in [5, 5.41) is 2.93. The Labute approximate surface area is 196 Å². The fourth-order valence-corrected chi connectivity index (χ4v) is 4.92. The van der Waals surface area contributed by atoms with Crippen LogP contribution in [0.2, 0.25) is 0 Å². The summed E-state index contributed by atoms with van der Waals surface area (Å²) in [5.41, 5.74) is 7.12. The summed E-state index contributed by atoms with van der Waals surface area (Å²) in [7, 11) is -3.81. The molecule has 1 aliphatic heterocycles. The number of nitrogens with two attached hydrogens (primary N) is 1. The Morgan fingerprint density at radius 3 is 2.39 bits per heavy atom. The van der Waals surface area contributed by atoms with Gasteiger partial charge in [0.1, 0.15) is 10.7 Å². The Hall–Kier alpha value is -2.72. The molecule has 0 atom stereocenters. The molecule has 1 fully saturated rings. The highest BCUT2D eigenvalue weighted by Gasteiger charge is 2.25. The number of carbonyl (C=O) groups is 1. The van der Waals surface area contributed by atoms with Crippen molar-refractivity contribution >= 4 is 27.5 Å². The maximum Gasteiger partial charge on any atom is 0.234 e. The number of hydrogen-bond donors (Lipinski definition) is 2. The average Bonchev–Trinajstić information content (AvgIpc) is 2.79. The Morgan fingerprint density at radius 1 is 1.15 bits per heavy atom. The van der Waals surface area contributed by atoms with Crippen molar-refractivity contribution in [2.75, 3.05) is 49.9 Å². The van der Waals surface area contributed by atoms with E-state index in [4.69, 9.17) is 5.73 Å². The topological polar surface area (TPSA) is 122 Å². The summed E-state index contributed by atoms with van der Waals surface area (Å²) in [4.78, 5) is 24.7. The summed E-state index contributed by atoms with van der Waals surface area (Å²) in [6.45, 7) is 9.90. The molecule has 10 heteroatoms. The molecule has 0 spiro atoms. The van der Waals surface area contributed by atoms with E-state index >= 15 is 0 Å². The Bertz CT molecular complexity index is 1050. The van der Waals surface area contributed by atoms with E-state index in [1.165, 1.54) is 6.20 Å². The van der Waals surface area contributed by atoms with Gasteiger partial charge in [-0.25, -0.2) is 13.4 Å². The van der Waals surface area contributed by atoms with Crippen LogP contribution in [0.5, 0.6) is 0 Å². The second kappa shape index (κ2) is 10.9. The minimum atomic E-state index is -3.81. The molecule has 0 bridgehead atoms. The SMILES string of the molecule is CCCCNC(=O)CN1CCN(c2ncc(S(=O)(=O)c3ccc(C(C)C)cc3)c(N)n2)CC1. The Kier molecular flexibility index (Phi) is 8.25. The molecule has 1 aromatic carbocycles. The smallest absolute Gasteiger partial charge is 0.234 e. The zero-order valence-electron chi connectivity index (χ0n) is 19.6. The van der Waals surface area contributed by atoms with E-state index < -0.39 is 9.84 Å². The lowest BCUT2D eigenvalue weighted by Crippen LogP contribution is -2.50. The highest BCUT2D eigenvalue weighted by atomic mass is 32.2. The van der Waals surface area contributed by atoms with Gasteiger partial charge in [0.25, 0.3) is 0 Å². The van der Waals surface area contributed by atoms with Gasteiger partial charge in [-0.2, -0.15) is 4.98 Å². The lowest BCUT2D eigenvalue weighted by molar-refractivity contribution is -0.122. The standard InChI is InChI=1S/C23H34N6O3S/c1-4-5-10-25-21(30)16-28-11-13-29(14-12-28)23-26-15-20(22(24)27-23)33(31,32)19-8-6-18(7-9-19)17(2)3/h6-9,15,17H,4-5,10-14,16H2,1-3H3,(H,25,30)(H2,24,26,27). The number of nitrogens with zero attached hydrogens (tertiary/aromatic N) is 4. The number of unbranched alkanes of at least 4 members (excludes halogenated alkanes) is 1. The Morgan fingerprint density at radius 2 is 1.82 bits per heavy atom.